The molecule has 5 aromatic rings. The van der Waals surface area contributed by atoms with E-state index >= 15 is 0 Å². The SMILES string of the molecule is Cc1cc(Cl)cc2sc(N(Cc3cccnc3)C(=O)Cc3cccc4ccccc34)nc12. The van der Waals surface area contributed by atoms with E-state index < -0.39 is 0 Å². The molecule has 2 heterocycles. The van der Waals surface area contributed by atoms with Crippen LogP contribution >= 0.6 is 22.9 Å². The Labute approximate surface area is 195 Å². The number of pyridine rings is 1. The molecule has 158 valence electrons. The van der Waals surface area contributed by atoms with Crippen LogP contribution in [0.2, 0.25) is 5.02 Å². The summed E-state index contributed by atoms with van der Waals surface area (Å²) in [5.74, 6) is -0.00647. The van der Waals surface area contributed by atoms with E-state index in [0.717, 1.165) is 37.7 Å². The Morgan fingerprint density at radius 1 is 1.06 bits per heavy atom. The summed E-state index contributed by atoms with van der Waals surface area (Å²) in [6, 6.07) is 21.9. The molecule has 3 aromatic carbocycles. The molecule has 0 aliphatic rings. The van der Waals surface area contributed by atoms with E-state index in [-0.39, 0.29) is 12.3 Å². The van der Waals surface area contributed by atoms with Gasteiger partial charge in [-0.25, -0.2) is 4.98 Å². The van der Waals surface area contributed by atoms with E-state index in [4.69, 9.17) is 16.6 Å². The number of halogens is 1. The molecule has 0 aliphatic carbocycles. The number of benzene rings is 3. The van der Waals surface area contributed by atoms with Crippen molar-refractivity contribution in [3.05, 3.63) is 101 Å². The largest absolute Gasteiger partial charge is 0.283 e. The van der Waals surface area contributed by atoms with Crippen molar-refractivity contribution in [1.29, 1.82) is 0 Å². The van der Waals surface area contributed by atoms with Crippen LogP contribution in [0.1, 0.15) is 16.7 Å². The minimum atomic E-state index is -0.00647. The molecule has 1 amide bonds. The lowest BCUT2D eigenvalue weighted by atomic mass is 10.0. The number of aromatic nitrogens is 2. The van der Waals surface area contributed by atoms with Crippen molar-refractivity contribution >= 4 is 55.0 Å². The van der Waals surface area contributed by atoms with Crippen molar-refractivity contribution < 1.29 is 4.79 Å². The first-order valence-corrected chi connectivity index (χ1v) is 11.5. The lowest BCUT2D eigenvalue weighted by Crippen LogP contribution is -2.31. The summed E-state index contributed by atoms with van der Waals surface area (Å²) in [5, 5.41) is 3.56. The second kappa shape index (κ2) is 8.69. The second-order valence-electron chi connectivity index (χ2n) is 7.72. The molecule has 0 spiro atoms. The number of amides is 1. The standard InChI is InChI=1S/C26H20ClN3OS/c1-17-12-21(27)14-23-25(17)29-26(32-23)30(16-18-6-5-11-28-15-18)24(31)13-20-9-4-8-19-7-2-3-10-22(19)20/h2-12,14-15H,13,16H2,1H3. The Balaban J connectivity index is 1.55. The van der Waals surface area contributed by atoms with Gasteiger partial charge in [-0.3, -0.25) is 14.7 Å². The third-order valence-electron chi connectivity index (χ3n) is 5.46. The van der Waals surface area contributed by atoms with Crippen LogP contribution in [0.3, 0.4) is 0 Å². The number of nitrogens with zero attached hydrogens (tertiary/aromatic N) is 3. The quantitative estimate of drug-likeness (QED) is 0.299. The van der Waals surface area contributed by atoms with Crippen LogP contribution in [0, 0.1) is 6.92 Å². The Morgan fingerprint density at radius 2 is 1.91 bits per heavy atom. The third kappa shape index (κ3) is 4.09. The van der Waals surface area contributed by atoms with Crippen LogP contribution in [0.5, 0.6) is 0 Å². The van der Waals surface area contributed by atoms with Gasteiger partial charge in [0.25, 0.3) is 0 Å². The Bertz CT molecular complexity index is 1430. The Morgan fingerprint density at radius 3 is 2.75 bits per heavy atom. The molecule has 0 bridgehead atoms. The smallest absolute Gasteiger partial charge is 0.233 e. The number of carbonyl (C=O) groups excluding carboxylic acids is 1. The molecule has 6 heteroatoms. The van der Waals surface area contributed by atoms with Crippen LogP contribution in [-0.4, -0.2) is 15.9 Å². The molecule has 0 N–H and O–H groups in total. The van der Waals surface area contributed by atoms with Gasteiger partial charge in [0.1, 0.15) is 0 Å². The first-order valence-electron chi connectivity index (χ1n) is 10.3. The number of thiazole rings is 1. The molecular weight excluding hydrogens is 438 g/mol. The minimum absolute atomic E-state index is 0.00647. The number of rotatable bonds is 5. The van der Waals surface area contributed by atoms with Crippen LogP contribution in [0.25, 0.3) is 21.0 Å². The van der Waals surface area contributed by atoms with Gasteiger partial charge in [-0.15, -0.1) is 0 Å². The summed E-state index contributed by atoms with van der Waals surface area (Å²) >= 11 is 7.74. The maximum Gasteiger partial charge on any atom is 0.233 e. The van der Waals surface area contributed by atoms with Crippen molar-refractivity contribution in [2.45, 2.75) is 19.9 Å². The van der Waals surface area contributed by atoms with Crippen molar-refractivity contribution in [3.63, 3.8) is 0 Å². The lowest BCUT2D eigenvalue weighted by Gasteiger charge is -2.20. The number of hydrogen-bond donors (Lipinski definition) is 0. The number of anilines is 1. The molecule has 0 unspecified atom stereocenters. The first-order chi connectivity index (χ1) is 15.6. The summed E-state index contributed by atoms with van der Waals surface area (Å²) in [6.07, 6.45) is 3.81. The summed E-state index contributed by atoms with van der Waals surface area (Å²) in [5.41, 5.74) is 3.83. The van der Waals surface area contributed by atoms with Crippen LogP contribution in [-0.2, 0) is 17.8 Å². The van der Waals surface area contributed by atoms with Gasteiger partial charge in [0, 0.05) is 17.4 Å². The van der Waals surface area contributed by atoms with E-state index in [9.17, 15) is 4.79 Å². The van der Waals surface area contributed by atoms with Gasteiger partial charge in [0.15, 0.2) is 5.13 Å². The number of aryl methyl sites for hydroxylation is 1. The highest BCUT2D eigenvalue weighted by atomic mass is 35.5. The minimum Gasteiger partial charge on any atom is -0.283 e. The number of carbonyl (C=O) groups is 1. The molecular formula is C26H20ClN3OS. The zero-order chi connectivity index (χ0) is 22.1. The fraction of sp³-hybridized carbons (Fsp3) is 0.115. The number of fused-ring (bicyclic) bond motifs is 2. The highest BCUT2D eigenvalue weighted by molar-refractivity contribution is 7.22. The van der Waals surface area contributed by atoms with Crippen molar-refractivity contribution in [2.75, 3.05) is 4.90 Å². The van der Waals surface area contributed by atoms with Gasteiger partial charge >= 0.3 is 0 Å². The zero-order valence-electron chi connectivity index (χ0n) is 17.5. The summed E-state index contributed by atoms with van der Waals surface area (Å²) < 4.78 is 0.971. The maximum atomic E-state index is 13.6. The van der Waals surface area contributed by atoms with Gasteiger partial charge in [-0.05, 0) is 52.6 Å². The topological polar surface area (TPSA) is 46.1 Å². The van der Waals surface area contributed by atoms with Crippen LogP contribution in [0.15, 0.2) is 79.1 Å². The summed E-state index contributed by atoms with van der Waals surface area (Å²) in [7, 11) is 0. The predicted octanol–water partition coefficient (Wildman–Crippen LogP) is 6.58. The van der Waals surface area contributed by atoms with Gasteiger partial charge in [0.05, 0.1) is 23.2 Å². The molecule has 0 saturated heterocycles. The third-order valence-corrected chi connectivity index (χ3v) is 6.70. The van der Waals surface area contributed by atoms with Gasteiger partial charge in [0.2, 0.25) is 5.91 Å². The molecule has 0 radical (unpaired) electrons. The number of hydrogen-bond acceptors (Lipinski definition) is 4. The lowest BCUT2D eigenvalue weighted by molar-refractivity contribution is -0.118. The first kappa shape index (κ1) is 20.6. The van der Waals surface area contributed by atoms with Crippen molar-refractivity contribution in [3.8, 4) is 0 Å². The molecule has 32 heavy (non-hydrogen) atoms. The molecule has 0 fully saturated rings. The molecule has 2 aromatic heterocycles. The fourth-order valence-corrected chi connectivity index (χ4v) is 5.34. The van der Waals surface area contributed by atoms with Crippen molar-refractivity contribution in [2.24, 2.45) is 0 Å². The highest BCUT2D eigenvalue weighted by Crippen LogP contribution is 2.34. The average Bonchev–Trinajstić information content (AvgIpc) is 3.22. The second-order valence-corrected chi connectivity index (χ2v) is 9.17. The van der Waals surface area contributed by atoms with Gasteiger partial charge < -0.3 is 0 Å². The van der Waals surface area contributed by atoms with Crippen molar-refractivity contribution in [1.82, 2.24) is 9.97 Å². The van der Waals surface area contributed by atoms with Crippen LogP contribution < -0.4 is 4.90 Å². The monoisotopic (exact) mass is 457 g/mol. The summed E-state index contributed by atoms with van der Waals surface area (Å²) in [6.45, 7) is 2.39. The maximum absolute atomic E-state index is 13.6. The van der Waals surface area contributed by atoms with E-state index in [0.29, 0.717) is 16.7 Å². The molecule has 4 nitrogen and oxygen atoms in total. The summed E-state index contributed by atoms with van der Waals surface area (Å²) in [4.78, 5) is 24.4. The molecule has 0 saturated carbocycles. The molecule has 0 aliphatic heterocycles. The predicted molar refractivity (Wildman–Crippen MR) is 132 cm³/mol. The van der Waals surface area contributed by atoms with E-state index in [2.05, 4.69) is 23.2 Å². The van der Waals surface area contributed by atoms with Gasteiger partial charge in [-0.2, -0.15) is 0 Å². The van der Waals surface area contributed by atoms with Crippen LogP contribution in [0.4, 0.5) is 5.13 Å². The Hall–Kier alpha value is -3.28. The average molecular weight is 458 g/mol. The van der Waals surface area contributed by atoms with E-state index in [1.54, 1.807) is 17.3 Å². The Kier molecular flexibility index (Phi) is 5.60. The van der Waals surface area contributed by atoms with Gasteiger partial charge in [-0.1, -0.05) is 71.5 Å². The van der Waals surface area contributed by atoms with E-state index in [1.807, 2.05) is 55.5 Å². The van der Waals surface area contributed by atoms with E-state index in [1.165, 1.54) is 11.3 Å². The molecule has 5 rings (SSSR count). The highest BCUT2D eigenvalue weighted by Gasteiger charge is 2.22. The zero-order valence-corrected chi connectivity index (χ0v) is 19.0. The molecule has 0 atom stereocenters. The normalized spacial score (nSPS) is 11.2. The fourth-order valence-electron chi connectivity index (χ4n) is 3.90.